The molecule has 1 spiro atoms. The lowest BCUT2D eigenvalue weighted by molar-refractivity contribution is -0.139. The maximum absolute atomic E-state index is 15.1. The molecule has 1 saturated heterocycles. The van der Waals surface area contributed by atoms with E-state index in [1.807, 2.05) is 18.2 Å². The molecule has 1 aliphatic carbocycles. The summed E-state index contributed by atoms with van der Waals surface area (Å²) in [5, 5.41) is 5.70. The molecule has 3 aliphatic heterocycles. The number of piperidine rings is 1. The fourth-order valence-electron chi connectivity index (χ4n) is 7.46. The maximum Gasteiger partial charge on any atom is 0.253 e. The Morgan fingerprint density at radius 2 is 1.85 bits per heavy atom. The second-order valence-corrected chi connectivity index (χ2v) is 12.9. The van der Waals surface area contributed by atoms with E-state index in [0.29, 0.717) is 56.6 Å². The number of nitrogens with one attached hydrogen (secondary N) is 2. The van der Waals surface area contributed by atoms with Crippen molar-refractivity contribution in [2.45, 2.75) is 68.9 Å². The summed E-state index contributed by atoms with van der Waals surface area (Å²) in [6.07, 6.45) is 9.62. The summed E-state index contributed by atoms with van der Waals surface area (Å²) < 4.78 is 49.4. The molecule has 0 saturated carbocycles. The molecule has 1 aromatic carbocycles. The summed E-state index contributed by atoms with van der Waals surface area (Å²) in [7, 11) is 0. The summed E-state index contributed by atoms with van der Waals surface area (Å²) >= 11 is 0. The van der Waals surface area contributed by atoms with Crippen molar-refractivity contribution in [2.75, 3.05) is 25.1 Å². The van der Waals surface area contributed by atoms with E-state index in [-0.39, 0.29) is 29.4 Å². The molecule has 2 N–H and O–H groups in total. The molecular weight excluding hydrogens is 611 g/mol. The van der Waals surface area contributed by atoms with Crippen LogP contribution in [0.25, 0.3) is 6.08 Å². The van der Waals surface area contributed by atoms with E-state index < -0.39 is 46.8 Å². The molecule has 2 aromatic heterocycles. The van der Waals surface area contributed by atoms with E-state index in [1.165, 1.54) is 6.20 Å². The van der Waals surface area contributed by atoms with E-state index in [4.69, 9.17) is 4.74 Å². The lowest BCUT2D eigenvalue weighted by Crippen LogP contribution is -2.58. The molecule has 12 heteroatoms. The molecule has 47 heavy (non-hydrogen) atoms. The van der Waals surface area contributed by atoms with Crippen LogP contribution in [-0.2, 0) is 32.6 Å². The van der Waals surface area contributed by atoms with Gasteiger partial charge in [-0.3, -0.25) is 19.4 Å². The fraction of sp³-hybridized carbons (Fsp3) is 0.400. The average Bonchev–Trinajstić information content (AvgIpc) is 3.56. The van der Waals surface area contributed by atoms with Crippen molar-refractivity contribution in [3.63, 3.8) is 0 Å². The van der Waals surface area contributed by atoms with Crippen molar-refractivity contribution in [2.24, 2.45) is 0 Å². The van der Waals surface area contributed by atoms with Crippen LogP contribution in [0.2, 0.25) is 0 Å². The monoisotopic (exact) mass is 645 g/mol. The average molecular weight is 646 g/mol. The Bertz CT molecular complexity index is 1820. The number of hydrogen-bond donors (Lipinski definition) is 2. The van der Waals surface area contributed by atoms with E-state index in [0.717, 1.165) is 35.6 Å². The van der Waals surface area contributed by atoms with Gasteiger partial charge in [-0.1, -0.05) is 12.2 Å². The number of ether oxygens (including phenoxy) is 1. The van der Waals surface area contributed by atoms with Crippen LogP contribution in [0, 0.1) is 17.5 Å². The highest BCUT2D eigenvalue weighted by atomic mass is 19.2. The predicted octanol–water partition coefficient (Wildman–Crippen LogP) is 4.60. The highest BCUT2D eigenvalue weighted by Gasteiger charge is 2.52. The van der Waals surface area contributed by atoms with Crippen LogP contribution in [0.4, 0.5) is 19.0 Å². The summed E-state index contributed by atoms with van der Waals surface area (Å²) in [5.74, 6) is -4.77. The zero-order valence-corrected chi connectivity index (χ0v) is 25.8. The zero-order chi connectivity index (χ0) is 32.9. The van der Waals surface area contributed by atoms with Gasteiger partial charge in [0.25, 0.3) is 5.91 Å². The van der Waals surface area contributed by atoms with Crippen molar-refractivity contribution in [3.8, 4) is 0 Å². The Labute approximate surface area is 269 Å². The van der Waals surface area contributed by atoms with Crippen molar-refractivity contribution in [1.29, 1.82) is 0 Å². The van der Waals surface area contributed by atoms with Gasteiger partial charge in [0.2, 0.25) is 11.8 Å². The number of nitrogens with zero attached hydrogens (tertiary/aromatic N) is 3. The molecule has 244 valence electrons. The molecule has 1 unspecified atom stereocenters. The van der Waals surface area contributed by atoms with Gasteiger partial charge in [-0.25, -0.2) is 18.2 Å². The number of amides is 3. The third kappa shape index (κ3) is 5.58. The predicted molar refractivity (Wildman–Crippen MR) is 166 cm³/mol. The van der Waals surface area contributed by atoms with Gasteiger partial charge >= 0.3 is 0 Å². The number of fused-ring (bicyclic) bond motifs is 4. The topological polar surface area (TPSA) is 114 Å². The largest absolute Gasteiger partial charge is 0.377 e. The highest BCUT2D eigenvalue weighted by molar-refractivity contribution is 6.06. The van der Waals surface area contributed by atoms with E-state index >= 15 is 4.39 Å². The first-order chi connectivity index (χ1) is 22.6. The number of anilines is 1. The molecule has 9 nitrogen and oxygen atoms in total. The molecule has 4 aliphatic rings. The molecule has 0 radical (unpaired) electrons. The maximum atomic E-state index is 15.1. The van der Waals surface area contributed by atoms with Crippen molar-refractivity contribution >= 4 is 29.6 Å². The fourth-order valence-corrected chi connectivity index (χ4v) is 7.46. The number of aromatic nitrogens is 2. The Morgan fingerprint density at radius 3 is 2.70 bits per heavy atom. The van der Waals surface area contributed by atoms with Gasteiger partial charge in [-0.2, -0.15) is 0 Å². The Kier molecular flexibility index (Phi) is 8.07. The summed E-state index contributed by atoms with van der Waals surface area (Å²) in [5.41, 5.74) is 2.14. The van der Waals surface area contributed by atoms with Gasteiger partial charge in [0.05, 0.1) is 17.6 Å². The van der Waals surface area contributed by atoms with E-state index in [1.54, 1.807) is 24.1 Å². The molecule has 3 amide bonds. The zero-order valence-electron chi connectivity index (χ0n) is 25.8. The summed E-state index contributed by atoms with van der Waals surface area (Å²) in [6.45, 7) is 2.94. The third-order valence-corrected chi connectivity index (χ3v) is 9.96. The van der Waals surface area contributed by atoms with Crippen molar-refractivity contribution < 1.29 is 32.3 Å². The highest BCUT2D eigenvalue weighted by Crippen LogP contribution is 2.46. The van der Waals surface area contributed by atoms with Gasteiger partial charge in [0, 0.05) is 61.2 Å². The number of hydrogen-bond acceptors (Lipinski definition) is 6. The minimum Gasteiger partial charge on any atom is -0.377 e. The Morgan fingerprint density at radius 1 is 1.00 bits per heavy atom. The Hall–Kier alpha value is -4.58. The quantitative estimate of drug-likeness (QED) is 0.374. The van der Waals surface area contributed by atoms with Crippen molar-refractivity contribution in [3.05, 3.63) is 93.7 Å². The second kappa shape index (κ2) is 12.2. The number of halogens is 3. The number of rotatable bonds is 1. The minimum atomic E-state index is -1.31. The van der Waals surface area contributed by atoms with Gasteiger partial charge < -0.3 is 20.3 Å². The van der Waals surface area contributed by atoms with E-state index in [2.05, 4.69) is 20.6 Å². The molecule has 1 fully saturated rings. The third-order valence-electron chi connectivity index (χ3n) is 9.96. The van der Waals surface area contributed by atoms with Crippen LogP contribution in [0.15, 0.2) is 42.7 Å². The number of carbonyl (C=O) groups excluding carboxylic acids is 3. The van der Waals surface area contributed by atoms with Gasteiger partial charge in [0.1, 0.15) is 17.7 Å². The summed E-state index contributed by atoms with van der Waals surface area (Å²) in [6, 6.07) is 3.44. The molecule has 5 heterocycles. The molecule has 7 bridgehead atoms. The standard InChI is InChI=1S/C35H34F3N5O4/c1-19-24(25-12-23(36)13-27(37)30(25)38)14-28-33(45)43(19)7-3-2-4-8-47-9-5-6-20-10-26-31(40-17-20)42-34(46)35(26)15-21-11-22(32(44)41-28)18-39-29(21)16-35/h5-6,10-13,17-19,24,28H,2-4,7-9,14-16H2,1H3,(H,41,44)(H,40,42,46)/b6-5+/t19-,24?,28+,35+/m1/s1. The van der Waals surface area contributed by atoms with Gasteiger partial charge in [-0.15, -0.1) is 0 Å². The number of pyridine rings is 2. The first-order valence-electron chi connectivity index (χ1n) is 15.9. The van der Waals surface area contributed by atoms with Crippen molar-refractivity contribution in [1.82, 2.24) is 20.2 Å². The minimum absolute atomic E-state index is 0.0445. The molecule has 7 rings (SSSR count). The number of benzene rings is 1. The first kappa shape index (κ1) is 31.0. The SMILES string of the molecule is C[C@@H]1C(c2cc(F)cc(F)c2F)C[C@@H]2NC(=O)c3cnc4c(c3)C[C@@]3(C4)C(=O)Nc4ncc(cc43)/C=C/COCCCCCN1C2=O. The van der Waals surface area contributed by atoms with Crippen LogP contribution >= 0.6 is 0 Å². The van der Waals surface area contributed by atoms with Crippen LogP contribution in [0.5, 0.6) is 0 Å². The first-order valence-corrected chi connectivity index (χ1v) is 15.9. The van der Waals surface area contributed by atoms with Crippen LogP contribution in [-0.4, -0.2) is 64.4 Å². The molecule has 4 atom stereocenters. The van der Waals surface area contributed by atoms with E-state index in [9.17, 15) is 23.2 Å². The van der Waals surface area contributed by atoms with Gasteiger partial charge in [-0.05, 0) is 73.9 Å². The normalized spacial score (nSPS) is 26.8. The van der Waals surface area contributed by atoms with Crippen LogP contribution < -0.4 is 10.6 Å². The van der Waals surface area contributed by atoms with Crippen LogP contribution in [0.1, 0.15) is 76.8 Å². The second-order valence-electron chi connectivity index (χ2n) is 12.9. The van der Waals surface area contributed by atoms with Crippen LogP contribution in [0.3, 0.4) is 0 Å². The number of carbonyl (C=O) groups is 3. The summed E-state index contributed by atoms with van der Waals surface area (Å²) in [4.78, 5) is 51.4. The molecule has 3 aromatic rings. The lowest BCUT2D eigenvalue weighted by Gasteiger charge is -2.43. The molecular formula is C35H34F3N5O4. The lowest BCUT2D eigenvalue weighted by atomic mass is 9.79. The Balaban J connectivity index is 1.22. The smallest absolute Gasteiger partial charge is 0.253 e. The van der Waals surface area contributed by atoms with Gasteiger partial charge in [0.15, 0.2) is 11.6 Å².